The van der Waals surface area contributed by atoms with E-state index in [4.69, 9.17) is 9.47 Å². The van der Waals surface area contributed by atoms with Crippen molar-refractivity contribution in [1.29, 1.82) is 0 Å². The van der Waals surface area contributed by atoms with Gasteiger partial charge in [0.1, 0.15) is 5.75 Å². The number of rotatable bonds is 6. The van der Waals surface area contributed by atoms with Gasteiger partial charge in [-0.25, -0.2) is 5.43 Å². The molecule has 0 bridgehead atoms. The number of nitrogens with one attached hydrogen (secondary N) is 1. The quantitative estimate of drug-likeness (QED) is 0.340. The predicted octanol–water partition coefficient (Wildman–Crippen LogP) is 2.08. The Labute approximate surface area is 163 Å². The SMILES string of the molecule is CCOc1c(I)cc(I)cc1/C=N\NC(=O)CN1CCOCC1. The Hall–Kier alpha value is -0.460. The average Bonchev–Trinajstić information content (AvgIpc) is 2.51. The van der Waals surface area contributed by atoms with E-state index in [1.54, 1.807) is 6.21 Å². The number of carbonyl (C=O) groups is 1. The lowest BCUT2D eigenvalue weighted by molar-refractivity contribution is -0.123. The number of halogens is 2. The first kappa shape index (κ1) is 18.9. The molecular formula is C15H19I2N3O3. The van der Waals surface area contributed by atoms with Crippen LogP contribution in [0.15, 0.2) is 17.2 Å². The Morgan fingerprint density at radius 2 is 2.17 bits per heavy atom. The zero-order valence-electron chi connectivity index (χ0n) is 12.8. The minimum absolute atomic E-state index is 0.124. The third-order valence-corrected chi connectivity index (χ3v) is 4.61. The molecule has 6 nitrogen and oxygen atoms in total. The molecule has 1 fully saturated rings. The topological polar surface area (TPSA) is 63.2 Å². The van der Waals surface area contributed by atoms with Gasteiger partial charge in [0.25, 0.3) is 5.91 Å². The third kappa shape index (κ3) is 6.16. The Kier molecular flexibility index (Phi) is 7.99. The van der Waals surface area contributed by atoms with Gasteiger partial charge in [0.2, 0.25) is 0 Å². The van der Waals surface area contributed by atoms with Crippen LogP contribution in [0.25, 0.3) is 0 Å². The normalized spacial score (nSPS) is 15.8. The van der Waals surface area contributed by atoms with Crippen molar-refractivity contribution in [3.8, 4) is 5.75 Å². The van der Waals surface area contributed by atoms with Crippen molar-refractivity contribution in [2.24, 2.45) is 5.10 Å². The van der Waals surface area contributed by atoms with Crippen LogP contribution >= 0.6 is 45.2 Å². The second-order valence-electron chi connectivity index (χ2n) is 4.92. The Morgan fingerprint density at radius 1 is 1.43 bits per heavy atom. The van der Waals surface area contributed by atoms with Crippen LogP contribution in [0.5, 0.6) is 5.75 Å². The highest BCUT2D eigenvalue weighted by molar-refractivity contribution is 14.1. The first-order valence-electron chi connectivity index (χ1n) is 7.34. The summed E-state index contributed by atoms with van der Waals surface area (Å²) >= 11 is 4.49. The molecule has 0 unspecified atom stereocenters. The summed E-state index contributed by atoms with van der Waals surface area (Å²) in [5.41, 5.74) is 3.43. The predicted molar refractivity (Wildman–Crippen MR) is 106 cm³/mol. The highest BCUT2D eigenvalue weighted by atomic mass is 127. The van der Waals surface area contributed by atoms with E-state index in [0.29, 0.717) is 26.4 Å². The molecule has 1 aromatic carbocycles. The summed E-state index contributed by atoms with van der Waals surface area (Å²) in [7, 11) is 0. The van der Waals surface area contributed by atoms with E-state index in [-0.39, 0.29) is 5.91 Å². The van der Waals surface area contributed by atoms with E-state index in [1.165, 1.54) is 0 Å². The average molecular weight is 543 g/mol. The number of morpholine rings is 1. The van der Waals surface area contributed by atoms with Crippen molar-refractivity contribution >= 4 is 57.3 Å². The number of ether oxygens (including phenoxy) is 2. The molecule has 8 heteroatoms. The van der Waals surface area contributed by atoms with Gasteiger partial charge in [0.05, 0.1) is 36.2 Å². The first-order valence-corrected chi connectivity index (χ1v) is 9.49. The number of carbonyl (C=O) groups excluding carboxylic acids is 1. The molecule has 0 saturated carbocycles. The van der Waals surface area contributed by atoms with Gasteiger partial charge in [-0.3, -0.25) is 9.69 Å². The van der Waals surface area contributed by atoms with Crippen LogP contribution in [-0.4, -0.2) is 56.5 Å². The first-order chi connectivity index (χ1) is 11.1. The Balaban J connectivity index is 1.95. The van der Waals surface area contributed by atoms with Gasteiger partial charge in [-0.1, -0.05) is 0 Å². The molecule has 1 aliphatic heterocycles. The number of amides is 1. The van der Waals surface area contributed by atoms with Crippen molar-refractivity contribution in [2.45, 2.75) is 6.92 Å². The lowest BCUT2D eigenvalue weighted by Gasteiger charge is -2.25. The van der Waals surface area contributed by atoms with Crippen molar-refractivity contribution in [2.75, 3.05) is 39.5 Å². The lowest BCUT2D eigenvalue weighted by atomic mass is 10.2. The molecule has 0 aliphatic carbocycles. The molecule has 1 heterocycles. The number of hydrogen-bond acceptors (Lipinski definition) is 5. The standard InChI is InChI=1S/C15H19I2N3O3/c1-2-23-15-11(7-12(16)8-13(15)17)9-18-19-14(21)10-20-3-5-22-6-4-20/h7-9H,2-6,10H2,1H3,(H,19,21)/b18-9-. The molecule has 0 atom stereocenters. The molecule has 126 valence electrons. The van der Waals surface area contributed by atoms with E-state index >= 15 is 0 Å². The highest BCUT2D eigenvalue weighted by Gasteiger charge is 2.13. The van der Waals surface area contributed by atoms with Gasteiger partial charge < -0.3 is 9.47 Å². The summed E-state index contributed by atoms with van der Waals surface area (Å²) in [6.07, 6.45) is 1.63. The summed E-state index contributed by atoms with van der Waals surface area (Å²) in [6, 6.07) is 4.02. The smallest absolute Gasteiger partial charge is 0.254 e. The fourth-order valence-corrected chi connectivity index (χ4v) is 4.19. The molecule has 1 amide bonds. The molecule has 1 saturated heterocycles. The number of nitrogens with zero attached hydrogens (tertiary/aromatic N) is 2. The highest BCUT2D eigenvalue weighted by Crippen LogP contribution is 2.27. The molecule has 0 aromatic heterocycles. The summed E-state index contributed by atoms with van der Waals surface area (Å²) in [5, 5.41) is 4.06. The minimum Gasteiger partial charge on any atom is -0.492 e. The largest absolute Gasteiger partial charge is 0.492 e. The van der Waals surface area contributed by atoms with Gasteiger partial charge in [0.15, 0.2) is 0 Å². The lowest BCUT2D eigenvalue weighted by Crippen LogP contribution is -2.42. The maximum Gasteiger partial charge on any atom is 0.254 e. The molecular weight excluding hydrogens is 524 g/mol. The molecule has 2 rings (SSSR count). The van der Waals surface area contributed by atoms with Crippen LogP contribution in [0.4, 0.5) is 0 Å². The molecule has 0 spiro atoms. The van der Waals surface area contributed by atoms with Gasteiger partial charge >= 0.3 is 0 Å². The summed E-state index contributed by atoms with van der Waals surface area (Å²) in [6.45, 7) is 5.77. The van der Waals surface area contributed by atoms with Crippen molar-refractivity contribution in [1.82, 2.24) is 10.3 Å². The summed E-state index contributed by atoms with van der Waals surface area (Å²) in [4.78, 5) is 14.0. The fourth-order valence-electron chi connectivity index (χ4n) is 2.14. The van der Waals surface area contributed by atoms with E-state index in [2.05, 4.69) is 55.7 Å². The Bertz CT molecular complexity index is 575. The number of hydrogen-bond donors (Lipinski definition) is 1. The van der Waals surface area contributed by atoms with E-state index < -0.39 is 0 Å². The van der Waals surface area contributed by atoms with Crippen molar-refractivity contribution in [3.05, 3.63) is 24.8 Å². The van der Waals surface area contributed by atoms with Crippen LogP contribution in [-0.2, 0) is 9.53 Å². The van der Waals surface area contributed by atoms with Crippen LogP contribution < -0.4 is 10.2 Å². The van der Waals surface area contributed by atoms with Crippen molar-refractivity contribution in [3.63, 3.8) is 0 Å². The monoisotopic (exact) mass is 543 g/mol. The maximum absolute atomic E-state index is 11.9. The maximum atomic E-state index is 11.9. The molecule has 0 radical (unpaired) electrons. The third-order valence-electron chi connectivity index (χ3n) is 3.19. The number of benzene rings is 1. The summed E-state index contributed by atoms with van der Waals surface area (Å²) in [5.74, 6) is 0.668. The minimum atomic E-state index is -0.124. The van der Waals surface area contributed by atoms with Gasteiger partial charge in [-0.05, 0) is 64.2 Å². The van der Waals surface area contributed by atoms with Crippen LogP contribution in [0, 0.1) is 7.14 Å². The fraction of sp³-hybridized carbons (Fsp3) is 0.467. The van der Waals surface area contributed by atoms with Crippen molar-refractivity contribution < 1.29 is 14.3 Å². The second kappa shape index (κ2) is 9.74. The van der Waals surface area contributed by atoms with Crippen LogP contribution in [0.1, 0.15) is 12.5 Å². The summed E-state index contributed by atoms with van der Waals surface area (Å²) < 4.78 is 13.0. The molecule has 1 N–H and O–H groups in total. The Morgan fingerprint density at radius 3 is 2.87 bits per heavy atom. The zero-order valence-corrected chi connectivity index (χ0v) is 17.2. The van der Waals surface area contributed by atoms with Crippen LogP contribution in [0.3, 0.4) is 0 Å². The van der Waals surface area contributed by atoms with Gasteiger partial charge in [-0.15, -0.1) is 0 Å². The van der Waals surface area contributed by atoms with E-state index in [0.717, 1.165) is 31.5 Å². The zero-order chi connectivity index (χ0) is 16.7. The van der Waals surface area contributed by atoms with E-state index in [1.807, 2.05) is 24.0 Å². The molecule has 23 heavy (non-hydrogen) atoms. The van der Waals surface area contributed by atoms with Crippen LogP contribution in [0.2, 0.25) is 0 Å². The van der Waals surface area contributed by atoms with E-state index in [9.17, 15) is 4.79 Å². The van der Waals surface area contributed by atoms with Gasteiger partial charge in [-0.2, -0.15) is 5.10 Å². The number of hydrazone groups is 1. The molecule has 1 aliphatic rings. The molecule has 1 aromatic rings. The second-order valence-corrected chi connectivity index (χ2v) is 7.33. The van der Waals surface area contributed by atoms with Gasteiger partial charge in [0, 0.05) is 22.2 Å².